The van der Waals surface area contributed by atoms with Gasteiger partial charge in [0.05, 0.1) is 26.9 Å². The van der Waals surface area contributed by atoms with Crippen LogP contribution in [-0.4, -0.2) is 39.5 Å². The molecule has 0 saturated heterocycles. The van der Waals surface area contributed by atoms with Crippen LogP contribution in [0, 0.1) is 0 Å². The average molecular weight is 373 g/mol. The first-order valence-corrected chi connectivity index (χ1v) is 7.78. The third-order valence-corrected chi connectivity index (χ3v) is 3.42. The zero-order valence-electron chi connectivity index (χ0n) is 15.2. The zero-order valence-corrected chi connectivity index (χ0v) is 15.2. The smallest absolute Gasteiger partial charge is 0.343 e. The summed E-state index contributed by atoms with van der Waals surface area (Å²) in [5.74, 6) is 0.836. The summed E-state index contributed by atoms with van der Waals surface area (Å²) in [5, 5.41) is 6.21. The Morgan fingerprint density at radius 1 is 1.00 bits per heavy atom. The van der Waals surface area contributed by atoms with Gasteiger partial charge in [-0.05, 0) is 36.4 Å². The normalized spacial score (nSPS) is 10.3. The maximum absolute atomic E-state index is 12.4. The van der Waals surface area contributed by atoms with Crippen molar-refractivity contribution in [1.29, 1.82) is 0 Å². The lowest BCUT2D eigenvalue weighted by atomic mass is 10.2. The molecule has 27 heavy (non-hydrogen) atoms. The highest BCUT2D eigenvalue weighted by atomic mass is 16.5. The molecule has 0 unspecified atom stereocenters. The van der Waals surface area contributed by atoms with E-state index >= 15 is 0 Å². The molecule has 0 bridgehead atoms. The number of methoxy groups -OCH3 is 3. The van der Waals surface area contributed by atoms with Crippen LogP contribution in [0.3, 0.4) is 0 Å². The van der Waals surface area contributed by atoms with Gasteiger partial charge in [0.25, 0.3) is 5.96 Å². The van der Waals surface area contributed by atoms with Crippen LogP contribution in [0.25, 0.3) is 0 Å². The topological polar surface area (TPSA) is 132 Å². The molecule has 2 rings (SSSR count). The van der Waals surface area contributed by atoms with Crippen molar-refractivity contribution in [2.75, 3.05) is 21.3 Å². The predicted octanol–water partition coefficient (Wildman–Crippen LogP) is -0.380. The molecule has 2 aromatic carbocycles. The fourth-order valence-electron chi connectivity index (χ4n) is 2.18. The van der Waals surface area contributed by atoms with Crippen molar-refractivity contribution in [1.82, 2.24) is 0 Å². The van der Waals surface area contributed by atoms with E-state index in [-0.39, 0.29) is 11.5 Å². The second kappa shape index (κ2) is 9.09. The number of nitrogens with one attached hydrogen (secondary N) is 1. The molecule has 0 saturated carbocycles. The molecular weight excluding hydrogens is 352 g/mol. The largest absolute Gasteiger partial charge is 0.493 e. The van der Waals surface area contributed by atoms with Gasteiger partial charge in [0.2, 0.25) is 12.0 Å². The van der Waals surface area contributed by atoms with E-state index in [1.165, 1.54) is 33.5 Å². The molecule has 0 fully saturated rings. The van der Waals surface area contributed by atoms with E-state index in [0.717, 1.165) is 5.56 Å². The van der Waals surface area contributed by atoms with Crippen molar-refractivity contribution >= 4 is 18.1 Å². The van der Waals surface area contributed by atoms with E-state index in [0.29, 0.717) is 23.0 Å². The molecule has 0 aromatic heterocycles. The second-order valence-corrected chi connectivity index (χ2v) is 5.18. The number of guanidine groups is 1. The van der Waals surface area contributed by atoms with E-state index in [1.54, 1.807) is 30.5 Å². The fourth-order valence-corrected chi connectivity index (χ4v) is 2.18. The molecule has 9 heteroatoms. The Morgan fingerprint density at radius 2 is 1.59 bits per heavy atom. The molecule has 5 N–H and O–H groups in total. The van der Waals surface area contributed by atoms with E-state index in [9.17, 15) is 4.79 Å². The van der Waals surface area contributed by atoms with Crippen molar-refractivity contribution in [3.05, 3.63) is 47.5 Å². The van der Waals surface area contributed by atoms with Crippen LogP contribution in [0.15, 0.2) is 41.5 Å². The number of carbonyl (C=O) groups excluding carboxylic acids is 1. The SMILES string of the molecule is COc1cc(C(=O)Oc2ccc(/C=[NH+]\N=C(N)N)cc2)cc(OC)c1OC. The molecule has 0 amide bonds. The van der Waals surface area contributed by atoms with Gasteiger partial charge in [-0.2, -0.15) is 0 Å². The first-order valence-electron chi connectivity index (χ1n) is 7.78. The molecule has 9 nitrogen and oxygen atoms in total. The quantitative estimate of drug-likeness (QED) is 0.198. The van der Waals surface area contributed by atoms with Gasteiger partial charge in [-0.3, -0.25) is 0 Å². The molecular formula is C18H21N4O5+. The minimum absolute atomic E-state index is 0.0813. The molecule has 0 atom stereocenters. The second-order valence-electron chi connectivity index (χ2n) is 5.18. The van der Waals surface area contributed by atoms with Crippen LogP contribution in [0.4, 0.5) is 0 Å². The highest BCUT2D eigenvalue weighted by Gasteiger charge is 2.18. The summed E-state index contributed by atoms with van der Waals surface area (Å²) in [6.07, 6.45) is 1.59. The van der Waals surface area contributed by atoms with Crippen molar-refractivity contribution in [3.8, 4) is 23.0 Å². The Labute approximate surface area is 156 Å². The van der Waals surface area contributed by atoms with Crippen LogP contribution in [-0.2, 0) is 0 Å². The predicted molar refractivity (Wildman–Crippen MR) is 99.4 cm³/mol. The van der Waals surface area contributed by atoms with Crippen LogP contribution in [0.5, 0.6) is 23.0 Å². The van der Waals surface area contributed by atoms with Crippen molar-refractivity contribution < 1.29 is 28.8 Å². The van der Waals surface area contributed by atoms with Gasteiger partial charge in [-0.15, -0.1) is 5.10 Å². The van der Waals surface area contributed by atoms with Crippen LogP contribution >= 0.6 is 0 Å². The van der Waals surface area contributed by atoms with Crippen LogP contribution in [0.1, 0.15) is 15.9 Å². The summed E-state index contributed by atoms with van der Waals surface area (Å²) < 4.78 is 21.1. The molecule has 0 aliphatic rings. The average Bonchev–Trinajstić information content (AvgIpc) is 2.67. The van der Waals surface area contributed by atoms with Gasteiger partial charge in [0.15, 0.2) is 11.5 Å². The highest BCUT2D eigenvalue weighted by Crippen LogP contribution is 2.38. The fraction of sp³-hybridized carbons (Fsp3) is 0.167. The number of hydrogen-bond acceptors (Lipinski definition) is 6. The lowest BCUT2D eigenvalue weighted by molar-refractivity contribution is -0.456. The monoisotopic (exact) mass is 373 g/mol. The number of ether oxygens (including phenoxy) is 4. The van der Waals surface area contributed by atoms with Gasteiger partial charge < -0.3 is 30.4 Å². The summed E-state index contributed by atoms with van der Waals surface area (Å²) in [4.78, 5) is 12.4. The molecule has 0 spiro atoms. The molecule has 2 aromatic rings. The number of rotatable bonds is 7. The standard InChI is InChI=1S/C18H20N4O5/c1-24-14-8-12(9-15(25-2)16(14)26-3)17(23)27-13-6-4-11(5-7-13)10-21-22-18(19)20/h4-10H,1-3H3,(H4,19,20,22)/p+1/b21-10-. The Bertz CT molecular complexity index is 834. The van der Waals surface area contributed by atoms with Gasteiger partial charge >= 0.3 is 5.97 Å². The highest BCUT2D eigenvalue weighted by molar-refractivity contribution is 5.92. The van der Waals surface area contributed by atoms with E-state index in [2.05, 4.69) is 10.2 Å². The van der Waals surface area contributed by atoms with Crippen LogP contribution in [0.2, 0.25) is 0 Å². The van der Waals surface area contributed by atoms with Gasteiger partial charge in [0.1, 0.15) is 5.75 Å². The van der Waals surface area contributed by atoms with Gasteiger partial charge in [0, 0.05) is 10.7 Å². The number of hydrazone groups is 1. The first kappa shape index (κ1) is 19.6. The van der Waals surface area contributed by atoms with E-state index < -0.39 is 5.97 Å². The van der Waals surface area contributed by atoms with E-state index in [1.807, 2.05) is 0 Å². The third kappa shape index (κ3) is 5.11. The van der Waals surface area contributed by atoms with Crippen molar-refractivity contribution in [2.45, 2.75) is 0 Å². The number of carbonyl (C=O) groups is 1. The summed E-state index contributed by atoms with van der Waals surface area (Å²) in [6, 6.07) is 9.77. The lowest BCUT2D eigenvalue weighted by Gasteiger charge is -2.13. The summed E-state index contributed by atoms with van der Waals surface area (Å²) in [7, 11) is 4.43. The molecule has 0 radical (unpaired) electrons. The van der Waals surface area contributed by atoms with Crippen LogP contribution < -0.4 is 35.5 Å². The van der Waals surface area contributed by atoms with Crippen molar-refractivity contribution in [3.63, 3.8) is 0 Å². The molecule has 0 heterocycles. The molecule has 0 aliphatic carbocycles. The van der Waals surface area contributed by atoms with Crippen molar-refractivity contribution in [2.24, 2.45) is 16.6 Å². The third-order valence-electron chi connectivity index (χ3n) is 3.42. The van der Waals surface area contributed by atoms with E-state index in [4.69, 9.17) is 30.4 Å². The number of nitrogens with two attached hydrogens (primary N) is 2. The maximum atomic E-state index is 12.4. The summed E-state index contributed by atoms with van der Waals surface area (Å²) >= 11 is 0. The zero-order chi connectivity index (χ0) is 19.8. The Hall–Kier alpha value is -3.75. The molecule has 0 aliphatic heterocycles. The molecule has 142 valence electrons. The lowest BCUT2D eigenvalue weighted by Crippen LogP contribution is -2.63. The summed E-state index contributed by atoms with van der Waals surface area (Å²) in [5.41, 5.74) is 11.5. The minimum Gasteiger partial charge on any atom is -0.493 e. The Balaban J connectivity index is 2.17. The van der Waals surface area contributed by atoms with Gasteiger partial charge in [-0.25, -0.2) is 4.79 Å². The Morgan fingerprint density at radius 3 is 2.07 bits per heavy atom. The number of hydrogen-bond donors (Lipinski definition) is 3. The maximum Gasteiger partial charge on any atom is 0.343 e. The first-order chi connectivity index (χ1) is 13.0. The van der Waals surface area contributed by atoms with Gasteiger partial charge in [-0.1, -0.05) is 0 Å². The Kier molecular flexibility index (Phi) is 6.59. The minimum atomic E-state index is -0.565. The number of nitrogens with zero attached hydrogens (tertiary/aromatic N) is 1. The summed E-state index contributed by atoms with van der Waals surface area (Å²) in [6.45, 7) is 0. The number of benzene rings is 2. The number of esters is 1.